The lowest BCUT2D eigenvalue weighted by Crippen LogP contribution is -2.06. The molecule has 0 saturated carbocycles. The van der Waals surface area contributed by atoms with Crippen molar-refractivity contribution in [3.8, 4) is 11.6 Å². The van der Waals surface area contributed by atoms with Gasteiger partial charge in [-0.05, 0) is 31.9 Å². The maximum atomic E-state index is 13.2. The van der Waals surface area contributed by atoms with Crippen LogP contribution in [0.2, 0.25) is 0 Å². The van der Waals surface area contributed by atoms with Crippen molar-refractivity contribution in [3.05, 3.63) is 41.3 Å². The van der Waals surface area contributed by atoms with Gasteiger partial charge >= 0.3 is 0 Å². The summed E-state index contributed by atoms with van der Waals surface area (Å²) in [5.74, 6) is 1.06. The quantitative estimate of drug-likeness (QED) is 0.900. The van der Waals surface area contributed by atoms with Crippen molar-refractivity contribution in [1.29, 1.82) is 0 Å². The van der Waals surface area contributed by atoms with Gasteiger partial charge in [-0.3, -0.25) is 0 Å². The van der Waals surface area contributed by atoms with E-state index >= 15 is 0 Å². The van der Waals surface area contributed by atoms with E-state index in [2.05, 4.69) is 22.2 Å². The van der Waals surface area contributed by atoms with Gasteiger partial charge in [0.25, 0.3) is 0 Å². The molecule has 0 fully saturated rings. The Hall–Kier alpha value is -2.17. The number of ether oxygens (including phenoxy) is 1. The number of hydrogen-bond acceptors (Lipinski definition) is 4. The predicted octanol–water partition coefficient (Wildman–Crippen LogP) is 3.85. The van der Waals surface area contributed by atoms with Crippen molar-refractivity contribution in [2.75, 3.05) is 11.9 Å². The van der Waals surface area contributed by atoms with Crippen LogP contribution in [0.15, 0.2) is 24.3 Å². The standard InChI is InChI=1S/C15H18FN3O/c1-4-7-17-15-18-11(3)8-14(19-15)20-13-9-12(16)6-5-10(13)2/h5-6,8-9H,4,7H2,1-3H3,(H,17,18,19). The second-order valence-corrected chi connectivity index (χ2v) is 4.61. The van der Waals surface area contributed by atoms with Gasteiger partial charge in [-0.1, -0.05) is 13.0 Å². The molecule has 2 aromatic rings. The first-order chi connectivity index (χ1) is 9.58. The van der Waals surface area contributed by atoms with Crippen molar-refractivity contribution in [2.45, 2.75) is 27.2 Å². The van der Waals surface area contributed by atoms with Gasteiger partial charge in [0.15, 0.2) is 0 Å². The van der Waals surface area contributed by atoms with Crippen LogP contribution >= 0.6 is 0 Å². The van der Waals surface area contributed by atoms with E-state index in [0.717, 1.165) is 24.2 Å². The number of anilines is 1. The fraction of sp³-hybridized carbons (Fsp3) is 0.333. The van der Waals surface area contributed by atoms with Gasteiger partial charge < -0.3 is 10.1 Å². The second-order valence-electron chi connectivity index (χ2n) is 4.61. The van der Waals surface area contributed by atoms with Crippen molar-refractivity contribution in [1.82, 2.24) is 9.97 Å². The maximum absolute atomic E-state index is 13.2. The van der Waals surface area contributed by atoms with Crippen molar-refractivity contribution < 1.29 is 9.13 Å². The highest BCUT2D eigenvalue weighted by Gasteiger charge is 2.07. The van der Waals surface area contributed by atoms with E-state index in [9.17, 15) is 4.39 Å². The number of rotatable bonds is 5. The molecule has 20 heavy (non-hydrogen) atoms. The van der Waals surface area contributed by atoms with E-state index in [1.54, 1.807) is 12.1 Å². The topological polar surface area (TPSA) is 47.0 Å². The summed E-state index contributed by atoms with van der Waals surface area (Å²) in [5.41, 5.74) is 1.65. The molecule has 1 N–H and O–H groups in total. The Morgan fingerprint density at radius 1 is 1.20 bits per heavy atom. The molecule has 0 aliphatic heterocycles. The van der Waals surface area contributed by atoms with Crippen LogP contribution in [-0.4, -0.2) is 16.5 Å². The normalized spacial score (nSPS) is 10.4. The van der Waals surface area contributed by atoms with Crippen LogP contribution in [0.3, 0.4) is 0 Å². The first-order valence-corrected chi connectivity index (χ1v) is 6.62. The lowest BCUT2D eigenvalue weighted by Gasteiger charge is -2.10. The minimum Gasteiger partial charge on any atom is -0.438 e. The molecule has 0 unspecified atom stereocenters. The van der Waals surface area contributed by atoms with Crippen LogP contribution in [-0.2, 0) is 0 Å². The van der Waals surface area contributed by atoms with E-state index in [4.69, 9.17) is 4.74 Å². The molecule has 0 bridgehead atoms. The van der Waals surface area contributed by atoms with E-state index in [-0.39, 0.29) is 5.82 Å². The first-order valence-electron chi connectivity index (χ1n) is 6.62. The van der Waals surface area contributed by atoms with Crippen LogP contribution in [0, 0.1) is 19.7 Å². The smallest absolute Gasteiger partial charge is 0.226 e. The molecule has 4 nitrogen and oxygen atoms in total. The molecule has 0 aliphatic rings. The molecule has 1 aromatic heterocycles. The van der Waals surface area contributed by atoms with Crippen LogP contribution < -0.4 is 10.1 Å². The zero-order chi connectivity index (χ0) is 14.5. The molecule has 0 atom stereocenters. The monoisotopic (exact) mass is 275 g/mol. The molecule has 106 valence electrons. The van der Waals surface area contributed by atoms with E-state index in [0.29, 0.717) is 17.6 Å². The predicted molar refractivity (Wildman–Crippen MR) is 76.8 cm³/mol. The lowest BCUT2D eigenvalue weighted by atomic mass is 10.2. The fourth-order valence-electron chi connectivity index (χ4n) is 1.70. The molecule has 1 aromatic carbocycles. The van der Waals surface area contributed by atoms with Crippen molar-refractivity contribution in [3.63, 3.8) is 0 Å². The number of hydrogen-bond donors (Lipinski definition) is 1. The largest absolute Gasteiger partial charge is 0.438 e. The number of aryl methyl sites for hydroxylation is 2. The summed E-state index contributed by atoms with van der Waals surface area (Å²) in [4.78, 5) is 8.55. The summed E-state index contributed by atoms with van der Waals surface area (Å²) in [6.07, 6.45) is 0.983. The Morgan fingerprint density at radius 2 is 2.00 bits per heavy atom. The average Bonchev–Trinajstić information content (AvgIpc) is 2.40. The Bertz CT molecular complexity index is 602. The molecule has 0 radical (unpaired) electrons. The molecule has 1 heterocycles. The summed E-state index contributed by atoms with van der Waals surface area (Å²) >= 11 is 0. The van der Waals surface area contributed by atoms with Crippen molar-refractivity contribution >= 4 is 5.95 Å². The third kappa shape index (κ3) is 3.66. The van der Waals surface area contributed by atoms with Crippen LogP contribution in [0.5, 0.6) is 11.6 Å². The van der Waals surface area contributed by atoms with E-state index < -0.39 is 0 Å². The van der Waals surface area contributed by atoms with E-state index in [1.165, 1.54) is 12.1 Å². The van der Waals surface area contributed by atoms with Gasteiger partial charge in [0.05, 0.1) is 0 Å². The van der Waals surface area contributed by atoms with Crippen molar-refractivity contribution in [2.24, 2.45) is 0 Å². The summed E-state index contributed by atoms with van der Waals surface area (Å²) < 4.78 is 18.9. The van der Waals surface area contributed by atoms with Gasteiger partial charge in [0.1, 0.15) is 11.6 Å². The van der Waals surface area contributed by atoms with Crippen LogP contribution in [0.25, 0.3) is 0 Å². The third-order valence-corrected chi connectivity index (χ3v) is 2.73. The van der Waals surface area contributed by atoms with Gasteiger partial charge in [0, 0.05) is 24.4 Å². The number of nitrogens with zero attached hydrogens (tertiary/aromatic N) is 2. The summed E-state index contributed by atoms with van der Waals surface area (Å²) in [5, 5.41) is 3.11. The molecule has 0 amide bonds. The molecule has 0 saturated heterocycles. The number of nitrogens with one attached hydrogen (secondary N) is 1. The molecule has 5 heteroatoms. The molecule has 0 spiro atoms. The number of benzene rings is 1. The lowest BCUT2D eigenvalue weighted by molar-refractivity contribution is 0.453. The summed E-state index contributed by atoms with van der Waals surface area (Å²) in [6.45, 7) is 6.58. The zero-order valence-corrected chi connectivity index (χ0v) is 11.9. The molecular weight excluding hydrogens is 257 g/mol. The van der Waals surface area contributed by atoms with E-state index in [1.807, 2.05) is 13.8 Å². The number of aromatic nitrogens is 2. The molecular formula is C15H18FN3O. The number of halogens is 1. The second kappa shape index (κ2) is 6.32. The average molecular weight is 275 g/mol. The van der Waals surface area contributed by atoms with Gasteiger partial charge in [0.2, 0.25) is 11.8 Å². The maximum Gasteiger partial charge on any atom is 0.226 e. The highest BCUT2D eigenvalue weighted by Crippen LogP contribution is 2.25. The van der Waals surface area contributed by atoms with Gasteiger partial charge in [-0.25, -0.2) is 9.37 Å². The molecule has 0 aliphatic carbocycles. The summed E-state index contributed by atoms with van der Waals surface area (Å²) in [6, 6.07) is 6.16. The highest BCUT2D eigenvalue weighted by molar-refractivity contribution is 5.37. The van der Waals surface area contributed by atoms with Crippen LogP contribution in [0.1, 0.15) is 24.6 Å². The Labute approximate surface area is 118 Å². The minimum absolute atomic E-state index is 0.333. The van der Waals surface area contributed by atoms with Crippen LogP contribution in [0.4, 0.5) is 10.3 Å². The Balaban J connectivity index is 2.24. The third-order valence-electron chi connectivity index (χ3n) is 2.73. The zero-order valence-electron chi connectivity index (χ0n) is 11.9. The van der Waals surface area contributed by atoms with Gasteiger partial charge in [-0.2, -0.15) is 4.98 Å². The highest BCUT2D eigenvalue weighted by atomic mass is 19.1. The Kier molecular flexibility index (Phi) is 4.50. The Morgan fingerprint density at radius 3 is 2.75 bits per heavy atom. The summed E-state index contributed by atoms with van der Waals surface area (Å²) in [7, 11) is 0. The first kappa shape index (κ1) is 14.2. The fourth-order valence-corrected chi connectivity index (χ4v) is 1.70. The van der Waals surface area contributed by atoms with Gasteiger partial charge in [-0.15, -0.1) is 0 Å². The SMILES string of the molecule is CCCNc1nc(C)cc(Oc2cc(F)ccc2C)n1. The molecule has 2 rings (SSSR count). The minimum atomic E-state index is -0.333.